The molecule has 6 heteroatoms. The number of para-hydroxylation sites is 1. The maximum absolute atomic E-state index is 12.1. The Kier molecular flexibility index (Phi) is 3.78. The lowest BCUT2D eigenvalue weighted by molar-refractivity contribution is 0.454. The molecule has 1 N–H and O–H groups in total. The van der Waals surface area contributed by atoms with Crippen molar-refractivity contribution in [3.8, 4) is 11.6 Å². The molecule has 0 amide bonds. The smallest absolute Gasteiger partial charge is 0.258 e. The van der Waals surface area contributed by atoms with Gasteiger partial charge in [-0.2, -0.15) is 0 Å². The van der Waals surface area contributed by atoms with Gasteiger partial charge in [-0.25, -0.2) is 4.98 Å². The van der Waals surface area contributed by atoms with E-state index in [-0.39, 0.29) is 5.56 Å². The van der Waals surface area contributed by atoms with Crippen molar-refractivity contribution in [2.75, 3.05) is 0 Å². The molecule has 4 aromatic rings. The third kappa shape index (κ3) is 3.28. The largest absolute Gasteiger partial charge is 0.438 e. The highest BCUT2D eigenvalue weighted by atomic mass is 16.5. The molecule has 6 nitrogen and oxygen atoms in total. The average Bonchev–Trinajstić information content (AvgIpc) is 3.02. The highest BCUT2D eigenvalue weighted by Crippen LogP contribution is 2.20. The Bertz CT molecular complexity index is 1080. The molecule has 25 heavy (non-hydrogen) atoms. The second-order valence-electron chi connectivity index (χ2n) is 5.78. The van der Waals surface area contributed by atoms with Gasteiger partial charge in [0.1, 0.15) is 11.6 Å². The summed E-state index contributed by atoms with van der Waals surface area (Å²) in [5.41, 5.74) is 1.62. The number of nitrogens with zero attached hydrogens (tertiary/aromatic N) is 3. The molecule has 2 aromatic heterocycles. The Morgan fingerprint density at radius 2 is 1.88 bits per heavy atom. The van der Waals surface area contributed by atoms with Crippen LogP contribution < -0.4 is 10.3 Å². The number of nitrogens with one attached hydrogen (secondary N) is 1. The summed E-state index contributed by atoms with van der Waals surface area (Å²) in [6, 6.07) is 16.8. The highest BCUT2D eigenvalue weighted by molar-refractivity contribution is 5.77. The van der Waals surface area contributed by atoms with Crippen molar-refractivity contribution in [2.24, 2.45) is 7.05 Å². The van der Waals surface area contributed by atoms with Gasteiger partial charge in [0.25, 0.3) is 5.56 Å². The van der Waals surface area contributed by atoms with Gasteiger partial charge in [-0.3, -0.25) is 9.48 Å². The summed E-state index contributed by atoms with van der Waals surface area (Å²) in [6.07, 6.45) is 2.37. The zero-order valence-corrected chi connectivity index (χ0v) is 13.6. The van der Waals surface area contributed by atoms with Gasteiger partial charge in [-0.15, -0.1) is 5.10 Å². The summed E-state index contributed by atoms with van der Waals surface area (Å²) >= 11 is 0. The third-order valence-corrected chi connectivity index (χ3v) is 3.87. The monoisotopic (exact) mass is 332 g/mol. The van der Waals surface area contributed by atoms with E-state index in [9.17, 15) is 4.79 Å². The summed E-state index contributed by atoms with van der Waals surface area (Å²) < 4.78 is 7.36. The fourth-order valence-electron chi connectivity index (χ4n) is 2.66. The number of aromatic amines is 1. The van der Waals surface area contributed by atoms with E-state index in [0.717, 1.165) is 5.56 Å². The molecular formula is C19H16N4O2. The van der Waals surface area contributed by atoms with Crippen LogP contribution in [0.4, 0.5) is 0 Å². The Labute approximate surface area is 143 Å². The molecule has 0 bridgehead atoms. The number of ether oxygens (including phenoxy) is 1. The first-order valence-corrected chi connectivity index (χ1v) is 7.92. The molecule has 0 fully saturated rings. The molecule has 0 saturated carbocycles. The molecule has 0 atom stereocenters. The lowest BCUT2D eigenvalue weighted by Crippen LogP contribution is -2.12. The van der Waals surface area contributed by atoms with Crippen molar-refractivity contribution in [1.82, 2.24) is 19.7 Å². The van der Waals surface area contributed by atoms with Gasteiger partial charge < -0.3 is 9.72 Å². The van der Waals surface area contributed by atoms with Crippen molar-refractivity contribution in [3.05, 3.63) is 82.5 Å². The van der Waals surface area contributed by atoms with Gasteiger partial charge in [0.15, 0.2) is 0 Å². The first-order chi connectivity index (χ1) is 12.2. The van der Waals surface area contributed by atoms with Crippen molar-refractivity contribution in [1.29, 1.82) is 0 Å². The molecule has 2 aromatic carbocycles. The van der Waals surface area contributed by atoms with Gasteiger partial charge in [-0.1, -0.05) is 24.3 Å². The van der Waals surface area contributed by atoms with Crippen LogP contribution in [0.25, 0.3) is 10.9 Å². The molecule has 4 rings (SSSR count). The van der Waals surface area contributed by atoms with E-state index in [2.05, 4.69) is 15.1 Å². The molecular weight excluding hydrogens is 316 g/mol. The van der Waals surface area contributed by atoms with E-state index >= 15 is 0 Å². The van der Waals surface area contributed by atoms with Crippen molar-refractivity contribution in [2.45, 2.75) is 6.42 Å². The Hall–Kier alpha value is -3.41. The van der Waals surface area contributed by atoms with Crippen LogP contribution >= 0.6 is 0 Å². The molecule has 0 saturated heterocycles. The topological polar surface area (TPSA) is 72.8 Å². The van der Waals surface area contributed by atoms with Crippen molar-refractivity contribution >= 4 is 10.9 Å². The number of hydrogen-bond donors (Lipinski definition) is 1. The van der Waals surface area contributed by atoms with Crippen LogP contribution in [0, 0.1) is 0 Å². The van der Waals surface area contributed by atoms with E-state index in [4.69, 9.17) is 4.74 Å². The van der Waals surface area contributed by atoms with E-state index < -0.39 is 0 Å². The van der Waals surface area contributed by atoms with Crippen LogP contribution in [0.5, 0.6) is 11.6 Å². The van der Waals surface area contributed by atoms with E-state index in [1.807, 2.05) is 55.7 Å². The van der Waals surface area contributed by atoms with E-state index in [1.54, 1.807) is 16.8 Å². The first kappa shape index (κ1) is 15.1. The second kappa shape index (κ2) is 6.24. The predicted molar refractivity (Wildman–Crippen MR) is 94.9 cm³/mol. The summed E-state index contributed by atoms with van der Waals surface area (Å²) in [7, 11) is 1.84. The number of benzene rings is 2. The predicted octanol–water partition coefficient (Wildman–Crippen LogP) is 3.04. The maximum atomic E-state index is 12.1. The van der Waals surface area contributed by atoms with Gasteiger partial charge in [0, 0.05) is 25.7 Å². The first-order valence-electron chi connectivity index (χ1n) is 7.92. The zero-order valence-electron chi connectivity index (χ0n) is 13.6. The summed E-state index contributed by atoms with van der Waals surface area (Å²) in [5.74, 6) is 1.90. The standard InChI is InChI=1S/C19H16N4O2/c1-23-11-10-18(22-23)25-14-8-6-13(7-9-14)12-17-20-16-5-3-2-4-15(16)19(24)21-17/h2-11H,12H2,1H3,(H,20,21,24). The van der Waals surface area contributed by atoms with Crippen LogP contribution in [0.3, 0.4) is 0 Å². The van der Waals surface area contributed by atoms with Gasteiger partial charge in [-0.05, 0) is 29.8 Å². The average molecular weight is 332 g/mol. The fourth-order valence-corrected chi connectivity index (χ4v) is 2.66. The quantitative estimate of drug-likeness (QED) is 0.623. The van der Waals surface area contributed by atoms with Crippen molar-refractivity contribution in [3.63, 3.8) is 0 Å². The third-order valence-electron chi connectivity index (χ3n) is 3.87. The van der Waals surface area contributed by atoms with Gasteiger partial charge >= 0.3 is 0 Å². The molecule has 2 heterocycles. The molecule has 0 aliphatic heterocycles. The molecule has 0 unspecified atom stereocenters. The van der Waals surface area contributed by atoms with Crippen molar-refractivity contribution < 1.29 is 4.74 Å². The highest BCUT2D eigenvalue weighted by Gasteiger charge is 2.05. The fraction of sp³-hybridized carbons (Fsp3) is 0.105. The van der Waals surface area contributed by atoms with Gasteiger partial charge in [0.05, 0.1) is 10.9 Å². The lowest BCUT2D eigenvalue weighted by atomic mass is 10.1. The minimum Gasteiger partial charge on any atom is -0.438 e. The lowest BCUT2D eigenvalue weighted by Gasteiger charge is -2.05. The summed E-state index contributed by atoms with van der Waals surface area (Å²) in [6.45, 7) is 0. The number of rotatable bonds is 4. The normalized spacial score (nSPS) is 10.9. The minimum absolute atomic E-state index is 0.115. The molecule has 0 radical (unpaired) electrons. The molecule has 124 valence electrons. The van der Waals surface area contributed by atoms with Crippen LogP contribution in [0.1, 0.15) is 11.4 Å². The number of fused-ring (bicyclic) bond motifs is 1. The molecule has 0 aliphatic carbocycles. The number of H-pyrrole nitrogens is 1. The van der Waals surface area contributed by atoms with E-state index in [1.165, 1.54) is 0 Å². The molecule has 0 spiro atoms. The summed E-state index contributed by atoms with van der Waals surface area (Å²) in [4.78, 5) is 19.5. The Morgan fingerprint density at radius 1 is 1.08 bits per heavy atom. The maximum Gasteiger partial charge on any atom is 0.258 e. The number of aromatic nitrogens is 4. The van der Waals surface area contributed by atoms with Crippen LogP contribution in [-0.4, -0.2) is 19.7 Å². The van der Waals surface area contributed by atoms with Gasteiger partial charge in [0.2, 0.25) is 5.88 Å². The Balaban J connectivity index is 1.54. The van der Waals surface area contributed by atoms with Crippen LogP contribution in [0.15, 0.2) is 65.6 Å². The Morgan fingerprint density at radius 3 is 2.64 bits per heavy atom. The summed E-state index contributed by atoms with van der Waals surface area (Å²) in [5, 5.41) is 4.78. The second-order valence-corrected chi connectivity index (χ2v) is 5.78. The van der Waals surface area contributed by atoms with E-state index in [0.29, 0.717) is 34.8 Å². The molecule has 0 aliphatic rings. The number of aryl methyl sites for hydroxylation is 1. The van der Waals surface area contributed by atoms with Crippen LogP contribution in [-0.2, 0) is 13.5 Å². The minimum atomic E-state index is -0.115. The SMILES string of the molecule is Cn1ccc(Oc2ccc(Cc3nc4ccccc4c(=O)[nH]3)cc2)n1. The zero-order chi connectivity index (χ0) is 17.2. The van der Waals surface area contributed by atoms with Crippen LogP contribution in [0.2, 0.25) is 0 Å². The number of hydrogen-bond acceptors (Lipinski definition) is 4.